The summed E-state index contributed by atoms with van der Waals surface area (Å²) in [6, 6.07) is 9.87. The maximum atomic E-state index is 12.1. The van der Waals surface area contributed by atoms with Crippen LogP contribution < -0.4 is 5.56 Å². The summed E-state index contributed by atoms with van der Waals surface area (Å²) in [7, 11) is 0. The molecule has 3 aromatic rings. The second-order valence-corrected chi connectivity index (χ2v) is 5.49. The lowest BCUT2D eigenvalue weighted by atomic mass is 10.0. The molecule has 0 fully saturated rings. The summed E-state index contributed by atoms with van der Waals surface area (Å²) in [6.45, 7) is 5.84. The van der Waals surface area contributed by atoms with Crippen molar-refractivity contribution in [1.29, 1.82) is 0 Å². The molecule has 0 aliphatic carbocycles. The van der Waals surface area contributed by atoms with E-state index in [1.54, 1.807) is 13.1 Å². The molecule has 0 spiro atoms. The van der Waals surface area contributed by atoms with E-state index in [1.165, 1.54) is 0 Å². The summed E-state index contributed by atoms with van der Waals surface area (Å²) in [5.41, 5.74) is 3.19. The van der Waals surface area contributed by atoms with E-state index in [9.17, 15) is 4.79 Å². The van der Waals surface area contributed by atoms with Gasteiger partial charge in [0.25, 0.3) is 5.56 Å². The molecule has 0 saturated carbocycles. The molecule has 2 heterocycles. The van der Waals surface area contributed by atoms with Crippen LogP contribution in [-0.2, 0) is 0 Å². The van der Waals surface area contributed by atoms with Crippen LogP contribution in [0.15, 0.2) is 41.3 Å². The molecule has 0 bridgehead atoms. The van der Waals surface area contributed by atoms with E-state index in [2.05, 4.69) is 15.0 Å². The largest absolute Gasteiger partial charge is 0.310 e. The van der Waals surface area contributed by atoms with Crippen LogP contribution in [0.5, 0.6) is 0 Å². The van der Waals surface area contributed by atoms with Gasteiger partial charge in [-0.15, -0.1) is 0 Å². The van der Waals surface area contributed by atoms with E-state index in [-0.39, 0.29) is 11.5 Å². The van der Waals surface area contributed by atoms with Crippen LogP contribution >= 0.6 is 0 Å². The third-order valence-electron chi connectivity index (χ3n) is 3.59. The molecule has 1 N–H and O–H groups in total. The molecule has 0 aliphatic heterocycles. The van der Waals surface area contributed by atoms with Gasteiger partial charge in [0.2, 0.25) is 0 Å². The van der Waals surface area contributed by atoms with E-state index >= 15 is 0 Å². The fraction of sp³-hybridized carbons (Fsp3) is 0.235. The Morgan fingerprint density at radius 3 is 2.76 bits per heavy atom. The van der Waals surface area contributed by atoms with Gasteiger partial charge in [-0.2, -0.15) is 0 Å². The summed E-state index contributed by atoms with van der Waals surface area (Å²) < 4.78 is 0. The fourth-order valence-electron chi connectivity index (χ4n) is 2.33. The zero-order valence-corrected chi connectivity index (χ0v) is 12.3. The predicted octanol–water partition coefficient (Wildman–Crippen LogP) is 3.42. The van der Waals surface area contributed by atoms with Gasteiger partial charge >= 0.3 is 0 Å². The van der Waals surface area contributed by atoms with Crippen LogP contribution in [0.3, 0.4) is 0 Å². The summed E-state index contributed by atoms with van der Waals surface area (Å²) in [5, 5.41) is 1.04. The van der Waals surface area contributed by atoms with Crippen molar-refractivity contribution >= 4 is 10.9 Å². The lowest BCUT2D eigenvalue weighted by Crippen LogP contribution is -2.16. The van der Waals surface area contributed by atoms with Crippen molar-refractivity contribution in [3.63, 3.8) is 0 Å². The third-order valence-corrected chi connectivity index (χ3v) is 3.59. The average molecular weight is 279 g/mol. The van der Waals surface area contributed by atoms with Gasteiger partial charge in [-0.25, -0.2) is 4.98 Å². The number of rotatable bonds is 2. The van der Waals surface area contributed by atoms with E-state index in [0.717, 1.165) is 22.2 Å². The molecule has 0 atom stereocenters. The molecular weight excluding hydrogens is 262 g/mol. The maximum absolute atomic E-state index is 12.1. The standard InChI is InChI=1S/C17H17N3O/c1-10(2)16-19-15(11(3)17(21)20-16)13-6-7-14-12(9-13)5-4-8-18-14/h4-10H,1-3H3,(H,19,20,21). The van der Waals surface area contributed by atoms with Gasteiger partial charge in [0.15, 0.2) is 0 Å². The number of nitrogens with one attached hydrogen (secondary N) is 1. The first-order valence-corrected chi connectivity index (χ1v) is 7.02. The summed E-state index contributed by atoms with van der Waals surface area (Å²) >= 11 is 0. The van der Waals surface area contributed by atoms with Crippen molar-refractivity contribution in [3.05, 3.63) is 58.3 Å². The quantitative estimate of drug-likeness (QED) is 0.782. The first kappa shape index (κ1) is 13.5. The third kappa shape index (κ3) is 2.44. The molecule has 0 aliphatic rings. The number of fused-ring (bicyclic) bond motifs is 1. The Kier molecular flexibility index (Phi) is 3.29. The van der Waals surface area contributed by atoms with E-state index in [0.29, 0.717) is 11.4 Å². The molecule has 1 aromatic carbocycles. The number of aromatic nitrogens is 3. The van der Waals surface area contributed by atoms with Crippen molar-refractivity contribution in [2.24, 2.45) is 0 Å². The van der Waals surface area contributed by atoms with Crippen molar-refractivity contribution in [2.45, 2.75) is 26.7 Å². The normalized spacial score (nSPS) is 11.2. The molecule has 3 rings (SSSR count). The van der Waals surface area contributed by atoms with Crippen molar-refractivity contribution < 1.29 is 0 Å². The highest BCUT2D eigenvalue weighted by Crippen LogP contribution is 2.24. The SMILES string of the molecule is Cc1c(-c2ccc3ncccc3c2)nc(C(C)C)[nH]c1=O. The Morgan fingerprint density at radius 2 is 2.00 bits per heavy atom. The Labute approximate surface area is 122 Å². The fourth-order valence-corrected chi connectivity index (χ4v) is 2.33. The minimum Gasteiger partial charge on any atom is -0.310 e. The van der Waals surface area contributed by atoms with Gasteiger partial charge in [-0.3, -0.25) is 9.78 Å². The van der Waals surface area contributed by atoms with Gasteiger partial charge in [0.1, 0.15) is 5.82 Å². The lowest BCUT2D eigenvalue weighted by molar-refractivity contribution is 0.765. The number of H-pyrrole nitrogens is 1. The van der Waals surface area contributed by atoms with Crippen LogP contribution in [-0.4, -0.2) is 15.0 Å². The Morgan fingerprint density at radius 1 is 1.19 bits per heavy atom. The molecule has 0 saturated heterocycles. The number of benzene rings is 1. The van der Waals surface area contributed by atoms with Gasteiger partial charge in [-0.1, -0.05) is 26.0 Å². The van der Waals surface area contributed by atoms with Gasteiger partial charge in [0.05, 0.1) is 11.2 Å². The molecule has 4 nitrogen and oxygen atoms in total. The van der Waals surface area contributed by atoms with E-state index < -0.39 is 0 Å². The van der Waals surface area contributed by atoms with Gasteiger partial charge in [-0.05, 0) is 25.1 Å². The number of hydrogen-bond acceptors (Lipinski definition) is 3. The molecular formula is C17H17N3O. The summed E-state index contributed by atoms with van der Waals surface area (Å²) in [4.78, 5) is 23.9. The lowest BCUT2D eigenvalue weighted by Gasteiger charge is -2.10. The first-order valence-electron chi connectivity index (χ1n) is 7.02. The second-order valence-electron chi connectivity index (χ2n) is 5.49. The van der Waals surface area contributed by atoms with Crippen molar-refractivity contribution in [2.75, 3.05) is 0 Å². The molecule has 0 radical (unpaired) electrons. The summed E-state index contributed by atoms with van der Waals surface area (Å²) in [6.07, 6.45) is 1.77. The molecule has 21 heavy (non-hydrogen) atoms. The minimum absolute atomic E-state index is 0.0741. The average Bonchev–Trinajstić information content (AvgIpc) is 2.49. The second kappa shape index (κ2) is 5.13. The summed E-state index contributed by atoms with van der Waals surface area (Å²) in [5.74, 6) is 0.894. The smallest absolute Gasteiger partial charge is 0.254 e. The van der Waals surface area contributed by atoms with Crippen LogP contribution in [0.2, 0.25) is 0 Å². The van der Waals surface area contributed by atoms with Crippen molar-refractivity contribution in [3.8, 4) is 11.3 Å². The number of aromatic amines is 1. The first-order chi connectivity index (χ1) is 10.1. The minimum atomic E-state index is -0.0741. The topological polar surface area (TPSA) is 58.6 Å². The van der Waals surface area contributed by atoms with E-state index in [4.69, 9.17) is 0 Å². The molecule has 0 unspecified atom stereocenters. The molecule has 0 amide bonds. The Bertz CT molecular complexity index is 865. The number of nitrogens with zero attached hydrogens (tertiary/aromatic N) is 2. The highest BCUT2D eigenvalue weighted by Gasteiger charge is 2.12. The molecule has 106 valence electrons. The predicted molar refractivity (Wildman–Crippen MR) is 84.4 cm³/mol. The Hall–Kier alpha value is -2.49. The zero-order valence-electron chi connectivity index (χ0n) is 12.3. The van der Waals surface area contributed by atoms with Crippen LogP contribution in [0, 0.1) is 6.92 Å². The van der Waals surface area contributed by atoms with Crippen molar-refractivity contribution in [1.82, 2.24) is 15.0 Å². The monoisotopic (exact) mass is 279 g/mol. The highest BCUT2D eigenvalue weighted by atomic mass is 16.1. The number of hydrogen-bond donors (Lipinski definition) is 1. The molecule has 4 heteroatoms. The maximum Gasteiger partial charge on any atom is 0.254 e. The highest BCUT2D eigenvalue weighted by molar-refractivity contribution is 5.84. The zero-order chi connectivity index (χ0) is 15.0. The van der Waals surface area contributed by atoms with Crippen LogP contribution in [0.1, 0.15) is 31.2 Å². The number of pyridine rings is 1. The Balaban J connectivity index is 2.24. The van der Waals surface area contributed by atoms with Crippen LogP contribution in [0.25, 0.3) is 22.2 Å². The molecule has 2 aromatic heterocycles. The van der Waals surface area contributed by atoms with Gasteiger partial charge < -0.3 is 4.98 Å². The van der Waals surface area contributed by atoms with Crippen LogP contribution in [0.4, 0.5) is 0 Å². The van der Waals surface area contributed by atoms with E-state index in [1.807, 2.05) is 44.2 Å². The van der Waals surface area contributed by atoms with Gasteiger partial charge in [0, 0.05) is 28.6 Å².